The van der Waals surface area contributed by atoms with Crippen molar-refractivity contribution >= 4 is 34.8 Å². The average Bonchev–Trinajstić information content (AvgIpc) is 3.48. The summed E-state index contributed by atoms with van der Waals surface area (Å²) in [6.07, 6.45) is 5.98. The van der Waals surface area contributed by atoms with Crippen LogP contribution in [0.15, 0.2) is 60.7 Å². The third-order valence-electron chi connectivity index (χ3n) is 8.50. The summed E-state index contributed by atoms with van der Waals surface area (Å²) in [7, 11) is 1.54. The van der Waals surface area contributed by atoms with Crippen LogP contribution in [0.4, 0.5) is 0 Å². The number of para-hydroxylation sites is 2. The number of hydrogen-bond acceptors (Lipinski definition) is 8. The van der Waals surface area contributed by atoms with Gasteiger partial charge in [-0.3, -0.25) is 9.59 Å². The van der Waals surface area contributed by atoms with Gasteiger partial charge in [0, 0.05) is 30.7 Å². The number of phenols is 2. The molecule has 0 fully saturated rings. The van der Waals surface area contributed by atoms with E-state index in [9.17, 15) is 24.6 Å². The van der Waals surface area contributed by atoms with Gasteiger partial charge in [0.05, 0.1) is 30.3 Å². The molecule has 1 aliphatic rings. The van der Waals surface area contributed by atoms with Gasteiger partial charge in [0.1, 0.15) is 34.4 Å². The van der Waals surface area contributed by atoms with Crippen LogP contribution in [0.5, 0.6) is 17.2 Å². The van der Waals surface area contributed by atoms with Crippen molar-refractivity contribution in [2.75, 3.05) is 7.11 Å². The van der Waals surface area contributed by atoms with Crippen molar-refractivity contribution in [3.8, 4) is 17.2 Å². The first-order valence-electron chi connectivity index (χ1n) is 16.0. The van der Waals surface area contributed by atoms with E-state index in [1.165, 1.54) is 6.07 Å². The quantitative estimate of drug-likeness (QED) is 0.160. The standard InChI is InChI=1S/C37H41N3O7/c1-22-10-9-13-26(41)12-6-4-5-11-25-20-31(42)34(35(44)33(25)37(45)47-22)28(24-16-18-27(46-3)19-17-24)21-32(43)38-23(2)36-39-29-14-7-8-15-30(29)40-36/h5,7-8,11,14-20,22-23,28,42,44H,4,6,9-10,12-13,21H2,1-3H3,(H,38,43)(H,39,40)/t22-,23-,28?/m0/s1. The Morgan fingerprint density at radius 1 is 1.11 bits per heavy atom. The zero-order chi connectivity index (χ0) is 33.5. The first-order valence-corrected chi connectivity index (χ1v) is 16.0. The molecule has 10 nitrogen and oxygen atoms in total. The van der Waals surface area contributed by atoms with Gasteiger partial charge in [0.2, 0.25) is 5.91 Å². The molecular formula is C37H41N3O7. The number of carbonyl (C=O) groups excluding carboxylic acids is 3. The van der Waals surface area contributed by atoms with Crippen LogP contribution in [0.1, 0.15) is 104 Å². The lowest BCUT2D eigenvalue weighted by atomic mass is 9.84. The summed E-state index contributed by atoms with van der Waals surface area (Å²) in [5.41, 5.74) is 2.46. The Labute approximate surface area is 273 Å². The molecule has 4 aromatic rings. The van der Waals surface area contributed by atoms with Crippen molar-refractivity contribution in [1.29, 1.82) is 0 Å². The number of allylic oxidation sites excluding steroid dienone is 1. The Morgan fingerprint density at radius 2 is 1.85 bits per heavy atom. The van der Waals surface area contributed by atoms with Gasteiger partial charge in [0.15, 0.2) is 0 Å². The highest BCUT2D eigenvalue weighted by Crippen LogP contribution is 2.44. The van der Waals surface area contributed by atoms with Crippen LogP contribution < -0.4 is 10.1 Å². The fourth-order valence-corrected chi connectivity index (χ4v) is 5.97. The zero-order valence-electron chi connectivity index (χ0n) is 26.9. The number of benzene rings is 3. The number of fused-ring (bicyclic) bond motifs is 2. The Hall–Kier alpha value is -5.12. The average molecular weight is 640 g/mol. The highest BCUT2D eigenvalue weighted by atomic mass is 16.5. The van der Waals surface area contributed by atoms with Crippen LogP contribution >= 0.6 is 0 Å². The molecule has 1 unspecified atom stereocenters. The minimum atomic E-state index is -0.845. The number of aromatic hydroxyl groups is 2. The molecule has 0 aliphatic carbocycles. The van der Waals surface area contributed by atoms with Gasteiger partial charge in [-0.05, 0) is 81.0 Å². The monoisotopic (exact) mass is 639 g/mol. The first kappa shape index (κ1) is 33.2. The summed E-state index contributed by atoms with van der Waals surface area (Å²) in [5.74, 6) is -1.33. The van der Waals surface area contributed by atoms with Crippen LogP contribution in [0.2, 0.25) is 0 Å². The minimum Gasteiger partial charge on any atom is -0.507 e. The molecule has 10 heteroatoms. The molecule has 0 spiro atoms. The van der Waals surface area contributed by atoms with E-state index in [-0.39, 0.29) is 40.6 Å². The Kier molecular flexibility index (Phi) is 10.6. The zero-order valence-corrected chi connectivity index (χ0v) is 26.9. The van der Waals surface area contributed by atoms with E-state index < -0.39 is 29.8 Å². The van der Waals surface area contributed by atoms with Gasteiger partial charge < -0.3 is 30.0 Å². The van der Waals surface area contributed by atoms with E-state index in [2.05, 4.69) is 15.3 Å². The molecule has 0 radical (unpaired) electrons. The summed E-state index contributed by atoms with van der Waals surface area (Å²) in [6.45, 7) is 3.56. The molecule has 3 atom stereocenters. The van der Waals surface area contributed by atoms with Gasteiger partial charge in [-0.2, -0.15) is 0 Å². The maximum absolute atomic E-state index is 13.6. The lowest BCUT2D eigenvalue weighted by Crippen LogP contribution is -2.29. The molecule has 1 amide bonds. The number of imidazole rings is 1. The molecule has 1 aliphatic heterocycles. The van der Waals surface area contributed by atoms with Crippen LogP contribution in [0, 0.1) is 0 Å². The normalized spacial score (nSPS) is 17.3. The van der Waals surface area contributed by atoms with E-state index >= 15 is 0 Å². The number of aromatic nitrogens is 2. The van der Waals surface area contributed by atoms with Crippen molar-refractivity contribution in [3.05, 3.63) is 88.8 Å². The Balaban J connectivity index is 1.52. The smallest absolute Gasteiger partial charge is 0.342 e. The molecule has 4 N–H and O–H groups in total. The van der Waals surface area contributed by atoms with Gasteiger partial charge in [0.25, 0.3) is 0 Å². The molecule has 47 heavy (non-hydrogen) atoms. The minimum absolute atomic E-state index is 0.0326. The van der Waals surface area contributed by atoms with E-state index in [0.29, 0.717) is 55.7 Å². The number of esters is 1. The maximum Gasteiger partial charge on any atom is 0.342 e. The molecule has 0 bridgehead atoms. The lowest BCUT2D eigenvalue weighted by Gasteiger charge is -2.24. The lowest BCUT2D eigenvalue weighted by molar-refractivity contribution is -0.122. The van der Waals surface area contributed by atoms with E-state index in [1.54, 1.807) is 50.5 Å². The van der Waals surface area contributed by atoms with Gasteiger partial charge >= 0.3 is 5.97 Å². The number of amides is 1. The highest BCUT2D eigenvalue weighted by Gasteiger charge is 2.31. The number of Topliss-reactive ketones (excluding diaryl/α,β-unsaturated/α-hetero) is 1. The molecule has 2 heterocycles. The highest BCUT2D eigenvalue weighted by molar-refractivity contribution is 5.98. The summed E-state index contributed by atoms with van der Waals surface area (Å²) in [6, 6.07) is 15.5. The van der Waals surface area contributed by atoms with Crippen molar-refractivity contribution in [1.82, 2.24) is 15.3 Å². The number of ether oxygens (including phenoxy) is 2. The predicted octanol–water partition coefficient (Wildman–Crippen LogP) is 6.86. The molecule has 1 aromatic heterocycles. The number of nitrogens with one attached hydrogen (secondary N) is 2. The topological polar surface area (TPSA) is 151 Å². The van der Waals surface area contributed by atoms with E-state index in [4.69, 9.17) is 9.47 Å². The van der Waals surface area contributed by atoms with Crippen LogP contribution in [0.3, 0.4) is 0 Å². The fourth-order valence-electron chi connectivity index (χ4n) is 5.97. The number of phenolic OH excluding ortho intramolecular Hbond substituents is 2. The Morgan fingerprint density at radius 3 is 2.60 bits per heavy atom. The summed E-state index contributed by atoms with van der Waals surface area (Å²) < 4.78 is 11.0. The van der Waals surface area contributed by atoms with Crippen molar-refractivity contribution < 1.29 is 34.1 Å². The Bertz CT molecular complexity index is 1740. The summed E-state index contributed by atoms with van der Waals surface area (Å²) in [4.78, 5) is 47.2. The van der Waals surface area contributed by atoms with Gasteiger partial charge in [-0.25, -0.2) is 9.78 Å². The van der Waals surface area contributed by atoms with Crippen LogP contribution in [0.25, 0.3) is 17.1 Å². The number of H-pyrrole nitrogens is 1. The molecule has 3 aromatic carbocycles. The third kappa shape index (κ3) is 8.00. The molecule has 5 rings (SSSR count). The number of hydrogen-bond donors (Lipinski definition) is 4. The first-order chi connectivity index (χ1) is 22.6. The van der Waals surface area contributed by atoms with E-state index in [0.717, 1.165) is 11.0 Å². The molecule has 246 valence electrons. The second kappa shape index (κ2) is 15.0. The number of aromatic amines is 1. The number of carbonyl (C=O) groups is 3. The maximum atomic E-state index is 13.6. The molecule has 0 saturated heterocycles. The number of cyclic esters (lactones) is 1. The third-order valence-corrected chi connectivity index (χ3v) is 8.50. The SMILES string of the molecule is COc1ccc(C(CC(=O)N[C@@H](C)c2nc3ccccc3[nH]2)c2c(O)cc3c(c2O)C(=O)O[C@@H](C)CCCC(=O)CCCC=C3)cc1. The second-order valence-corrected chi connectivity index (χ2v) is 12.0. The largest absolute Gasteiger partial charge is 0.507 e. The van der Waals surface area contributed by atoms with Crippen LogP contribution in [-0.2, 0) is 14.3 Å². The number of ketones is 1. The van der Waals surface area contributed by atoms with Crippen molar-refractivity contribution in [2.24, 2.45) is 0 Å². The summed E-state index contributed by atoms with van der Waals surface area (Å²) >= 11 is 0. The van der Waals surface area contributed by atoms with Crippen molar-refractivity contribution in [3.63, 3.8) is 0 Å². The predicted molar refractivity (Wildman–Crippen MR) is 178 cm³/mol. The van der Waals surface area contributed by atoms with Crippen LogP contribution in [-0.4, -0.2) is 51.1 Å². The number of rotatable bonds is 7. The van der Waals surface area contributed by atoms with Gasteiger partial charge in [-0.15, -0.1) is 0 Å². The van der Waals surface area contributed by atoms with E-state index in [1.807, 2.05) is 31.2 Å². The van der Waals surface area contributed by atoms with Crippen molar-refractivity contribution in [2.45, 2.75) is 76.9 Å². The fraction of sp³-hybridized carbons (Fsp3) is 0.351. The molecular weight excluding hydrogens is 598 g/mol. The number of nitrogens with zero attached hydrogens (tertiary/aromatic N) is 1. The van der Waals surface area contributed by atoms with Gasteiger partial charge in [-0.1, -0.05) is 36.4 Å². The second-order valence-electron chi connectivity index (χ2n) is 12.0. The molecule has 0 saturated carbocycles. The summed E-state index contributed by atoms with van der Waals surface area (Å²) in [5, 5.41) is 26.2. The number of methoxy groups -OCH3 is 1.